The topological polar surface area (TPSA) is 63.6 Å². The minimum absolute atomic E-state index is 0.0717. The van der Waals surface area contributed by atoms with Crippen LogP contribution in [0.15, 0.2) is 12.7 Å². The van der Waals surface area contributed by atoms with Crippen LogP contribution in [-0.2, 0) is 14.3 Å². The van der Waals surface area contributed by atoms with Gasteiger partial charge in [-0.1, -0.05) is 77.4 Å². The van der Waals surface area contributed by atoms with Gasteiger partial charge in [0.25, 0.3) is 0 Å². The normalized spacial score (nSPS) is 11.9. The van der Waals surface area contributed by atoms with E-state index in [1.807, 2.05) is 0 Å². The molecule has 0 bridgehead atoms. The van der Waals surface area contributed by atoms with Gasteiger partial charge in [0, 0.05) is 0 Å². The molecule has 4 nitrogen and oxygen atoms in total. The van der Waals surface area contributed by atoms with Crippen LogP contribution in [0.2, 0.25) is 0 Å². The van der Waals surface area contributed by atoms with Crippen LogP contribution >= 0.6 is 0 Å². The average Bonchev–Trinajstić information content (AvgIpc) is 2.53. The molecule has 0 rings (SSSR count). The first kappa shape index (κ1) is 21.7. The number of aliphatic carboxylic acids is 1. The van der Waals surface area contributed by atoms with E-state index in [-0.39, 0.29) is 18.9 Å². The van der Waals surface area contributed by atoms with Gasteiger partial charge in [-0.3, -0.25) is 9.59 Å². The van der Waals surface area contributed by atoms with Crippen LogP contribution in [0.1, 0.15) is 90.4 Å². The Bertz CT molecular complexity index is 325. The largest absolute Gasteiger partial charge is 0.481 e. The predicted octanol–water partition coefficient (Wildman–Crippen LogP) is 5.26. The molecule has 0 aliphatic heterocycles. The van der Waals surface area contributed by atoms with E-state index in [0.717, 1.165) is 19.3 Å². The van der Waals surface area contributed by atoms with Crippen LogP contribution < -0.4 is 0 Å². The van der Waals surface area contributed by atoms with Crippen LogP contribution in [0, 0.1) is 0 Å². The molecule has 134 valence electrons. The molecule has 23 heavy (non-hydrogen) atoms. The Morgan fingerprint density at radius 3 is 1.96 bits per heavy atom. The Morgan fingerprint density at radius 1 is 0.957 bits per heavy atom. The third-order valence-corrected chi connectivity index (χ3v) is 3.93. The molecule has 0 radical (unpaired) electrons. The summed E-state index contributed by atoms with van der Waals surface area (Å²) in [6, 6.07) is 0. The van der Waals surface area contributed by atoms with Gasteiger partial charge < -0.3 is 9.84 Å². The Labute approximate surface area is 141 Å². The van der Waals surface area contributed by atoms with Crippen molar-refractivity contribution in [2.75, 3.05) is 0 Å². The first-order valence-corrected chi connectivity index (χ1v) is 9.14. The summed E-state index contributed by atoms with van der Waals surface area (Å²) in [6.07, 6.45) is 14.6. The number of unbranched alkanes of at least 4 members (excludes halogenated alkanes) is 9. The zero-order chi connectivity index (χ0) is 17.3. The number of carboxylic acid groups (broad SMARTS) is 1. The van der Waals surface area contributed by atoms with Crippen LogP contribution in [0.4, 0.5) is 0 Å². The van der Waals surface area contributed by atoms with Crippen molar-refractivity contribution in [3.63, 3.8) is 0 Å². The molecule has 0 saturated heterocycles. The molecule has 0 aromatic heterocycles. The maximum atomic E-state index is 11.5. The third kappa shape index (κ3) is 15.4. The lowest BCUT2D eigenvalue weighted by molar-refractivity contribution is -0.150. The summed E-state index contributed by atoms with van der Waals surface area (Å²) in [4.78, 5) is 21.9. The lowest BCUT2D eigenvalue weighted by atomic mass is 10.0. The number of rotatable bonds is 16. The van der Waals surface area contributed by atoms with Crippen LogP contribution in [-0.4, -0.2) is 23.1 Å². The molecule has 0 aliphatic rings. The summed E-state index contributed by atoms with van der Waals surface area (Å²) in [5.74, 6) is -1.43. The number of carbonyl (C=O) groups excluding carboxylic acids is 1. The van der Waals surface area contributed by atoms with E-state index in [4.69, 9.17) is 9.84 Å². The summed E-state index contributed by atoms with van der Waals surface area (Å²) in [7, 11) is 0. The number of carbonyl (C=O) groups is 2. The highest BCUT2D eigenvalue weighted by molar-refractivity contribution is 5.76. The smallest absolute Gasteiger partial charge is 0.306 e. The lowest BCUT2D eigenvalue weighted by Crippen LogP contribution is -2.16. The predicted molar refractivity (Wildman–Crippen MR) is 93.4 cm³/mol. The van der Waals surface area contributed by atoms with Crippen LogP contribution in [0.5, 0.6) is 0 Å². The van der Waals surface area contributed by atoms with Crippen LogP contribution in [0.25, 0.3) is 0 Å². The highest BCUT2D eigenvalue weighted by Gasteiger charge is 2.12. The number of hydrogen-bond donors (Lipinski definition) is 1. The minimum Gasteiger partial charge on any atom is -0.481 e. The van der Waals surface area contributed by atoms with Crippen molar-refractivity contribution in [2.45, 2.75) is 96.5 Å². The van der Waals surface area contributed by atoms with E-state index in [1.165, 1.54) is 51.4 Å². The van der Waals surface area contributed by atoms with Gasteiger partial charge in [0.1, 0.15) is 6.10 Å². The molecule has 0 heterocycles. The van der Waals surface area contributed by atoms with E-state index in [0.29, 0.717) is 0 Å². The molecular formula is C19H34O4. The molecule has 0 aromatic rings. The van der Waals surface area contributed by atoms with Crippen molar-refractivity contribution >= 4 is 11.9 Å². The minimum atomic E-state index is -0.980. The summed E-state index contributed by atoms with van der Waals surface area (Å²) in [5, 5.41) is 8.53. The van der Waals surface area contributed by atoms with Crippen molar-refractivity contribution in [1.82, 2.24) is 0 Å². The van der Waals surface area contributed by atoms with E-state index < -0.39 is 11.9 Å². The molecule has 1 unspecified atom stereocenters. The van der Waals surface area contributed by atoms with Crippen molar-refractivity contribution < 1.29 is 19.4 Å². The Kier molecular flexibility index (Phi) is 14.7. The van der Waals surface area contributed by atoms with E-state index >= 15 is 0 Å². The maximum absolute atomic E-state index is 11.5. The Hall–Kier alpha value is -1.32. The fourth-order valence-corrected chi connectivity index (χ4v) is 2.49. The SMILES string of the molecule is C=CC(CCCCCCCCCCCC)OC(=O)CCC(=O)O. The van der Waals surface area contributed by atoms with E-state index in [9.17, 15) is 9.59 Å². The van der Waals surface area contributed by atoms with Gasteiger partial charge in [0.15, 0.2) is 0 Å². The Balaban J connectivity index is 3.51. The van der Waals surface area contributed by atoms with Crippen molar-refractivity contribution in [3.8, 4) is 0 Å². The van der Waals surface area contributed by atoms with Crippen LogP contribution in [0.3, 0.4) is 0 Å². The van der Waals surface area contributed by atoms with Gasteiger partial charge in [-0.05, 0) is 12.8 Å². The molecular weight excluding hydrogens is 292 g/mol. The highest BCUT2D eigenvalue weighted by atomic mass is 16.5. The van der Waals surface area contributed by atoms with Crippen molar-refractivity contribution in [3.05, 3.63) is 12.7 Å². The fraction of sp³-hybridized carbons (Fsp3) is 0.789. The maximum Gasteiger partial charge on any atom is 0.306 e. The fourth-order valence-electron chi connectivity index (χ4n) is 2.49. The molecule has 0 aromatic carbocycles. The second-order valence-electron chi connectivity index (χ2n) is 6.13. The van der Waals surface area contributed by atoms with Gasteiger partial charge in [-0.2, -0.15) is 0 Å². The number of ether oxygens (including phenoxy) is 1. The standard InChI is InChI=1S/C19H34O4/c1-3-5-6-7-8-9-10-11-12-13-14-17(4-2)23-19(22)16-15-18(20)21/h4,17H,2-3,5-16H2,1H3,(H,20,21). The number of hydrogen-bond acceptors (Lipinski definition) is 3. The molecule has 0 spiro atoms. The molecule has 0 saturated carbocycles. The van der Waals surface area contributed by atoms with Gasteiger partial charge in [-0.25, -0.2) is 0 Å². The molecule has 0 amide bonds. The highest BCUT2D eigenvalue weighted by Crippen LogP contribution is 2.13. The first-order chi connectivity index (χ1) is 11.1. The zero-order valence-corrected chi connectivity index (χ0v) is 14.7. The van der Waals surface area contributed by atoms with Crippen molar-refractivity contribution in [1.29, 1.82) is 0 Å². The molecule has 4 heteroatoms. The van der Waals surface area contributed by atoms with Crippen molar-refractivity contribution in [2.24, 2.45) is 0 Å². The Morgan fingerprint density at radius 2 is 1.48 bits per heavy atom. The van der Waals surface area contributed by atoms with Gasteiger partial charge in [0.2, 0.25) is 0 Å². The summed E-state index contributed by atoms with van der Waals surface area (Å²) in [6.45, 7) is 5.92. The second-order valence-corrected chi connectivity index (χ2v) is 6.13. The first-order valence-electron chi connectivity index (χ1n) is 9.14. The third-order valence-electron chi connectivity index (χ3n) is 3.93. The van der Waals surface area contributed by atoms with Gasteiger partial charge in [0.05, 0.1) is 12.8 Å². The van der Waals surface area contributed by atoms with E-state index in [2.05, 4.69) is 13.5 Å². The number of carboxylic acids is 1. The quantitative estimate of drug-likeness (QED) is 0.239. The molecule has 0 fully saturated rings. The van der Waals surface area contributed by atoms with Gasteiger partial charge >= 0.3 is 11.9 Å². The molecule has 1 N–H and O–H groups in total. The average molecular weight is 326 g/mol. The zero-order valence-electron chi connectivity index (χ0n) is 14.7. The summed E-state index contributed by atoms with van der Waals surface area (Å²) < 4.78 is 5.21. The monoisotopic (exact) mass is 326 g/mol. The molecule has 1 atom stereocenters. The molecule has 0 aliphatic carbocycles. The lowest BCUT2D eigenvalue weighted by Gasteiger charge is -2.13. The summed E-state index contributed by atoms with van der Waals surface area (Å²) >= 11 is 0. The second kappa shape index (κ2) is 15.6. The van der Waals surface area contributed by atoms with E-state index in [1.54, 1.807) is 6.08 Å². The van der Waals surface area contributed by atoms with Gasteiger partial charge in [-0.15, -0.1) is 0 Å². The summed E-state index contributed by atoms with van der Waals surface area (Å²) in [5.41, 5.74) is 0. The number of esters is 1.